The number of halogens is 1. The van der Waals surface area contributed by atoms with Crippen LogP contribution in [0, 0.1) is 6.92 Å². The zero-order chi connectivity index (χ0) is 15.5. The maximum absolute atomic E-state index is 12.1. The molecule has 1 aromatic carbocycles. The van der Waals surface area contributed by atoms with Crippen molar-refractivity contribution in [1.29, 1.82) is 0 Å². The zero-order valence-electron chi connectivity index (χ0n) is 11.9. The van der Waals surface area contributed by atoms with Crippen LogP contribution < -0.4 is 5.32 Å². The number of hydrogen-bond acceptors (Lipinski definition) is 4. The van der Waals surface area contributed by atoms with Gasteiger partial charge in [-0.2, -0.15) is 0 Å². The van der Waals surface area contributed by atoms with E-state index in [9.17, 15) is 4.79 Å². The van der Waals surface area contributed by atoms with Gasteiger partial charge >= 0.3 is 0 Å². The van der Waals surface area contributed by atoms with Gasteiger partial charge in [0.15, 0.2) is 11.0 Å². The van der Waals surface area contributed by atoms with Crippen LogP contribution >= 0.6 is 23.4 Å². The Labute approximate surface area is 138 Å². The highest BCUT2D eigenvalue weighted by Gasteiger charge is 2.30. The number of aliphatic imine (C=N–C) groups is 1. The zero-order valence-corrected chi connectivity index (χ0v) is 13.5. The first kappa shape index (κ1) is 15.1. The molecule has 22 heavy (non-hydrogen) atoms. The van der Waals surface area contributed by atoms with Crippen LogP contribution in [0.5, 0.6) is 0 Å². The van der Waals surface area contributed by atoms with Gasteiger partial charge in [0, 0.05) is 10.7 Å². The largest absolute Gasteiger partial charge is 0.304 e. The summed E-state index contributed by atoms with van der Waals surface area (Å²) in [7, 11) is 0. The van der Waals surface area contributed by atoms with Gasteiger partial charge < -0.3 is 5.32 Å². The van der Waals surface area contributed by atoms with Crippen molar-refractivity contribution in [1.82, 2.24) is 10.3 Å². The monoisotopic (exact) mass is 331 g/mol. The highest BCUT2D eigenvalue weighted by molar-refractivity contribution is 8.15. The average molecular weight is 332 g/mol. The van der Waals surface area contributed by atoms with Crippen molar-refractivity contribution in [3.05, 3.63) is 58.7 Å². The Morgan fingerprint density at radius 1 is 1.27 bits per heavy atom. The van der Waals surface area contributed by atoms with E-state index in [1.54, 1.807) is 0 Å². The second kappa shape index (κ2) is 6.50. The van der Waals surface area contributed by atoms with E-state index in [4.69, 9.17) is 11.6 Å². The first-order valence-corrected chi connectivity index (χ1v) is 8.11. The van der Waals surface area contributed by atoms with Gasteiger partial charge in [0.05, 0.1) is 5.25 Å². The van der Waals surface area contributed by atoms with Gasteiger partial charge in [-0.05, 0) is 37.1 Å². The minimum absolute atomic E-state index is 0.0451. The quantitative estimate of drug-likeness (QED) is 0.936. The maximum Gasteiger partial charge on any atom is 0.239 e. The Hall–Kier alpha value is -1.85. The average Bonchev–Trinajstić information content (AvgIpc) is 2.81. The number of carbonyl (C=O) groups is 1. The van der Waals surface area contributed by atoms with Crippen LogP contribution in [0.25, 0.3) is 0 Å². The fourth-order valence-electron chi connectivity index (χ4n) is 2.15. The van der Waals surface area contributed by atoms with Crippen molar-refractivity contribution in [2.45, 2.75) is 18.6 Å². The number of nitrogens with one attached hydrogen (secondary N) is 1. The van der Waals surface area contributed by atoms with Gasteiger partial charge in [0.1, 0.15) is 0 Å². The SMILES string of the molecule is Cc1cccc(N=C2NC(=O)[C@H](Cc3ccccc3Cl)S2)n1. The molecule has 1 N–H and O–H groups in total. The highest BCUT2D eigenvalue weighted by atomic mass is 35.5. The Morgan fingerprint density at radius 3 is 2.86 bits per heavy atom. The molecule has 0 bridgehead atoms. The lowest BCUT2D eigenvalue weighted by molar-refractivity contribution is -0.118. The van der Waals surface area contributed by atoms with Crippen molar-refractivity contribution >= 4 is 40.3 Å². The van der Waals surface area contributed by atoms with Crippen molar-refractivity contribution in [3.63, 3.8) is 0 Å². The number of aromatic nitrogens is 1. The maximum atomic E-state index is 12.1. The molecule has 0 unspecified atom stereocenters. The molecule has 1 aromatic heterocycles. The van der Waals surface area contributed by atoms with Crippen LogP contribution in [0.2, 0.25) is 5.02 Å². The minimum atomic E-state index is -0.219. The second-order valence-electron chi connectivity index (χ2n) is 4.95. The summed E-state index contributed by atoms with van der Waals surface area (Å²) in [6, 6.07) is 13.2. The third kappa shape index (κ3) is 3.48. The van der Waals surface area contributed by atoms with E-state index in [0.717, 1.165) is 11.3 Å². The molecule has 2 heterocycles. The molecule has 1 aliphatic heterocycles. The molecule has 0 saturated carbocycles. The summed E-state index contributed by atoms with van der Waals surface area (Å²) in [5, 5.41) is 3.85. The fraction of sp³-hybridized carbons (Fsp3) is 0.188. The normalized spacial score (nSPS) is 19.5. The summed E-state index contributed by atoms with van der Waals surface area (Å²) < 4.78 is 0. The molecule has 3 rings (SSSR count). The van der Waals surface area contributed by atoms with Crippen LogP contribution in [-0.2, 0) is 11.2 Å². The van der Waals surface area contributed by atoms with Gasteiger partial charge in [-0.15, -0.1) is 0 Å². The number of carbonyl (C=O) groups excluding carboxylic acids is 1. The van der Waals surface area contributed by atoms with Crippen LogP contribution in [0.3, 0.4) is 0 Å². The third-order valence-electron chi connectivity index (χ3n) is 3.23. The summed E-state index contributed by atoms with van der Waals surface area (Å²) >= 11 is 7.57. The molecule has 1 aliphatic rings. The molecule has 1 amide bonds. The second-order valence-corrected chi connectivity index (χ2v) is 6.54. The van der Waals surface area contributed by atoms with Gasteiger partial charge in [0.2, 0.25) is 5.91 Å². The van der Waals surface area contributed by atoms with Gasteiger partial charge in [0.25, 0.3) is 0 Å². The molecule has 1 fully saturated rings. The number of thioether (sulfide) groups is 1. The Kier molecular flexibility index (Phi) is 4.45. The number of amidine groups is 1. The van der Waals surface area contributed by atoms with Gasteiger partial charge in [-0.3, -0.25) is 4.79 Å². The molecule has 112 valence electrons. The Balaban J connectivity index is 1.75. The molecule has 0 aliphatic carbocycles. The highest BCUT2D eigenvalue weighted by Crippen LogP contribution is 2.27. The van der Waals surface area contributed by atoms with E-state index < -0.39 is 0 Å². The molecule has 0 radical (unpaired) electrons. The lowest BCUT2D eigenvalue weighted by atomic mass is 10.1. The van der Waals surface area contributed by atoms with Crippen molar-refractivity contribution in [3.8, 4) is 0 Å². The third-order valence-corrected chi connectivity index (χ3v) is 4.68. The lowest BCUT2D eigenvalue weighted by Gasteiger charge is -2.06. The minimum Gasteiger partial charge on any atom is -0.304 e. The summed E-state index contributed by atoms with van der Waals surface area (Å²) in [6.07, 6.45) is 0.580. The van der Waals surface area contributed by atoms with Crippen LogP contribution in [0.1, 0.15) is 11.3 Å². The van der Waals surface area contributed by atoms with Gasteiger partial charge in [-0.1, -0.05) is 47.6 Å². The van der Waals surface area contributed by atoms with E-state index in [1.165, 1.54) is 11.8 Å². The van der Waals surface area contributed by atoms with E-state index >= 15 is 0 Å². The van der Waals surface area contributed by atoms with Crippen molar-refractivity contribution in [2.24, 2.45) is 4.99 Å². The van der Waals surface area contributed by atoms with Crippen molar-refractivity contribution < 1.29 is 4.79 Å². The molecule has 6 heteroatoms. The van der Waals surface area contributed by atoms with Crippen LogP contribution in [-0.4, -0.2) is 21.3 Å². The molecule has 2 aromatic rings. The smallest absolute Gasteiger partial charge is 0.239 e. The summed E-state index contributed by atoms with van der Waals surface area (Å²) in [6.45, 7) is 1.91. The number of rotatable bonds is 3. The van der Waals surface area contributed by atoms with Crippen LogP contribution in [0.4, 0.5) is 5.82 Å². The topological polar surface area (TPSA) is 54.4 Å². The van der Waals surface area contributed by atoms with E-state index in [0.29, 0.717) is 22.4 Å². The predicted molar refractivity (Wildman–Crippen MR) is 90.7 cm³/mol. The molecule has 1 atom stereocenters. The number of nitrogens with zero attached hydrogens (tertiary/aromatic N) is 2. The van der Waals surface area contributed by atoms with Crippen molar-refractivity contribution in [2.75, 3.05) is 0 Å². The van der Waals surface area contributed by atoms with E-state index in [1.807, 2.05) is 49.4 Å². The standard InChI is InChI=1S/C16H14ClN3OS/c1-10-5-4-8-14(18-10)19-16-20-15(21)13(22-16)9-11-6-2-3-7-12(11)17/h2-8,13H,9H2,1H3,(H,18,19,20,21)/t13-/m0/s1. The fourth-order valence-corrected chi connectivity index (χ4v) is 3.37. The summed E-state index contributed by atoms with van der Waals surface area (Å²) in [4.78, 5) is 20.8. The molecular weight excluding hydrogens is 318 g/mol. The molecular formula is C16H14ClN3OS. The lowest BCUT2D eigenvalue weighted by Crippen LogP contribution is -2.26. The number of benzene rings is 1. The van der Waals surface area contributed by atoms with Crippen LogP contribution in [0.15, 0.2) is 47.5 Å². The predicted octanol–water partition coefficient (Wildman–Crippen LogP) is 3.51. The number of hydrogen-bond donors (Lipinski definition) is 1. The van der Waals surface area contributed by atoms with E-state index in [-0.39, 0.29) is 11.2 Å². The van der Waals surface area contributed by atoms with E-state index in [2.05, 4.69) is 15.3 Å². The number of amides is 1. The first-order valence-electron chi connectivity index (χ1n) is 6.85. The molecule has 0 spiro atoms. The molecule has 4 nitrogen and oxygen atoms in total. The first-order chi connectivity index (χ1) is 10.6. The number of aryl methyl sites for hydroxylation is 1. The van der Waals surface area contributed by atoms with Gasteiger partial charge in [-0.25, -0.2) is 9.98 Å². The molecule has 1 saturated heterocycles. The number of pyridine rings is 1. The Bertz CT molecular complexity index is 748. The Morgan fingerprint density at radius 2 is 2.09 bits per heavy atom. The summed E-state index contributed by atoms with van der Waals surface area (Å²) in [5.41, 5.74) is 1.86. The summed E-state index contributed by atoms with van der Waals surface area (Å²) in [5.74, 6) is 0.553.